The second kappa shape index (κ2) is 5.12. The lowest BCUT2D eigenvalue weighted by atomic mass is 10.1. The van der Waals surface area contributed by atoms with Crippen molar-refractivity contribution in [3.8, 4) is 0 Å². The Kier molecular flexibility index (Phi) is 3.56. The second-order valence-corrected chi connectivity index (χ2v) is 4.13. The van der Waals surface area contributed by atoms with Crippen LogP contribution in [0, 0.1) is 0 Å². The van der Waals surface area contributed by atoms with Crippen LogP contribution >= 0.6 is 0 Å². The number of hydrogen-bond donors (Lipinski definition) is 2. The summed E-state index contributed by atoms with van der Waals surface area (Å²) in [6.45, 7) is 2.22. The summed E-state index contributed by atoms with van der Waals surface area (Å²) in [5.74, 6) is -0.117. The summed E-state index contributed by atoms with van der Waals surface area (Å²) in [4.78, 5) is 11.2. The largest absolute Gasteiger partial charge is 0.391 e. The fourth-order valence-corrected chi connectivity index (χ4v) is 1.86. The van der Waals surface area contributed by atoms with Crippen LogP contribution in [-0.4, -0.2) is 34.7 Å². The third-order valence-electron chi connectivity index (χ3n) is 2.73. The Morgan fingerprint density at radius 3 is 2.76 bits per heavy atom. The molecule has 2 rings (SSSR count). The molecule has 1 aromatic carbocycles. The lowest BCUT2D eigenvalue weighted by Gasteiger charge is -2.40. The van der Waals surface area contributed by atoms with Crippen molar-refractivity contribution >= 4 is 12.0 Å². The number of aliphatic hydroxyl groups is 1. The van der Waals surface area contributed by atoms with Crippen LogP contribution in [0.1, 0.15) is 12.5 Å². The highest BCUT2D eigenvalue weighted by atomic mass is 16.3. The van der Waals surface area contributed by atoms with E-state index in [9.17, 15) is 9.90 Å². The normalized spacial score (nSPS) is 22.2. The highest BCUT2D eigenvalue weighted by Crippen LogP contribution is 2.12. The quantitative estimate of drug-likeness (QED) is 0.807. The Hall–Kier alpha value is -1.65. The molecule has 0 radical (unpaired) electrons. The number of hydrogen-bond acceptors (Lipinski definition) is 3. The van der Waals surface area contributed by atoms with Gasteiger partial charge in [0.15, 0.2) is 0 Å². The maximum atomic E-state index is 11.2. The van der Waals surface area contributed by atoms with Gasteiger partial charge < -0.3 is 5.11 Å². The Balaban J connectivity index is 1.87. The fraction of sp³-hybridized carbons (Fsp3) is 0.308. The maximum Gasteiger partial charge on any atom is 0.256 e. The van der Waals surface area contributed by atoms with E-state index in [0.717, 1.165) is 5.56 Å². The third kappa shape index (κ3) is 2.72. The molecular formula is C13H16N2O2. The molecule has 90 valence electrons. The Bertz CT molecular complexity index is 415. The molecule has 0 aliphatic carbocycles. The van der Waals surface area contributed by atoms with E-state index in [2.05, 4.69) is 5.43 Å². The van der Waals surface area contributed by atoms with Crippen LogP contribution in [0.5, 0.6) is 0 Å². The molecule has 1 aliphatic rings. The molecule has 4 nitrogen and oxygen atoms in total. The standard InChI is InChI=1S/C13H16N2O2/c1-10(16)12-13(17)14-15(12)9-5-8-11-6-3-2-4-7-11/h2-8,10,12,16H,9H2,1H3,(H,14,17)/b8-5+. The molecule has 1 aliphatic heterocycles. The fourth-order valence-electron chi connectivity index (χ4n) is 1.86. The van der Waals surface area contributed by atoms with Crippen LogP contribution < -0.4 is 5.43 Å². The predicted molar refractivity (Wildman–Crippen MR) is 65.8 cm³/mol. The van der Waals surface area contributed by atoms with E-state index in [0.29, 0.717) is 6.54 Å². The van der Waals surface area contributed by atoms with Crippen LogP contribution in [0.25, 0.3) is 6.08 Å². The van der Waals surface area contributed by atoms with Gasteiger partial charge in [-0.1, -0.05) is 42.5 Å². The van der Waals surface area contributed by atoms with Gasteiger partial charge in [0.05, 0.1) is 6.10 Å². The van der Waals surface area contributed by atoms with Crippen LogP contribution in [0.4, 0.5) is 0 Å². The monoisotopic (exact) mass is 232 g/mol. The number of nitrogens with one attached hydrogen (secondary N) is 1. The van der Waals surface area contributed by atoms with Crippen molar-refractivity contribution in [1.82, 2.24) is 10.4 Å². The minimum Gasteiger partial charge on any atom is -0.391 e. The first kappa shape index (κ1) is 11.8. The van der Waals surface area contributed by atoms with E-state index >= 15 is 0 Å². The van der Waals surface area contributed by atoms with E-state index in [4.69, 9.17) is 0 Å². The third-order valence-corrected chi connectivity index (χ3v) is 2.73. The van der Waals surface area contributed by atoms with E-state index in [-0.39, 0.29) is 5.91 Å². The number of hydrazine groups is 1. The molecular weight excluding hydrogens is 216 g/mol. The van der Waals surface area contributed by atoms with Gasteiger partial charge in [0.25, 0.3) is 5.91 Å². The van der Waals surface area contributed by atoms with Gasteiger partial charge >= 0.3 is 0 Å². The summed E-state index contributed by atoms with van der Waals surface area (Å²) >= 11 is 0. The summed E-state index contributed by atoms with van der Waals surface area (Å²) in [5, 5.41) is 11.1. The number of aliphatic hydroxyl groups excluding tert-OH is 1. The first-order valence-corrected chi connectivity index (χ1v) is 5.65. The zero-order valence-electron chi connectivity index (χ0n) is 9.71. The van der Waals surface area contributed by atoms with Crippen molar-refractivity contribution in [3.63, 3.8) is 0 Å². The van der Waals surface area contributed by atoms with Crippen molar-refractivity contribution < 1.29 is 9.90 Å². The summed E-state index contributed by atoms with van der Waals surface area (Å²) in [5.41, 5.74) is 3.76. The molecule has 1 heterocycles. The van der Waals surface area contributed by atoms with Gasteiger partial charge in [0.1, 0.15) is 6.04 Å². The Labute approximate surface area is 101 Å². The van der Waals surface area contributed by atoms with Crippen molar-refractivity contribution in [1.29, 1.82) is 0 Å². The summed E-state index contributed by atoms with van der Waals surface area (Å²) < 4.78 is 0. The molecule has 2 N–H and O–H groups in total. The molecule has 1 aromatic rings. The molecule has 1 saturated heterocycles. The van der Waals surface area contributed by atoms with Gasteiger partial charge in [0.2, 0.25) is 0 Å². The van der Waals surface area contributed by atoms with Crippen LogP contribution in [0.2, 0.25) is 0 Å². The zero-order chi connectivity index (χ0) is 12.3. The zero-order valence-corrected chi connectivity index (χ0v) is 9.71. The second-order valence-electron chi connectivity index (χ2n) is 4.13. The summed E-state index contributed by atoms with van der Waals surface area (Å²) in [6, 6.07) is 9.52. The Morgan fingerprint density at radius 1 is 1.47 bits per heavy atom. The van der Waals surface area contributed by atoms with Crippen LogP contribution in [-0.2, 0) is 4.79 Å². The average Bonchev–Trinajstić information content (AvgIpc) is 2.28. The molecule has 4 heteroatoms. The molecule has 1 fully saturated rings. The van der Waals surface area contributed by atoms with E-state index in [1.165, 1.54) is 0 Å². The minimum absolute atomic E-state index is 0.117. The highest BCUT2D eigenvalue weighted by molar-refractivity contribution is 5.86. The number of nitrogens with zero attached hydrogens (tertiary/aromatic N) is 1. The van der Waals surface area contributed by atoms with E-state index < -0.39 is 12.1 Å². The molecule has 0 bridgehead atoms. The molecule has 0 aromatic heterocycles. The van der Waals surface area contributed by atoms with Gasteiger partial charge in [-0.2, -0.15) is 0 Å². The maximum absolute atomic E-state index is 11.2. The van der Waals surface area contributed by atoms with Gasteiger partial charge in [-0.25, -0.2) is 5.01 Å². The lowest BCUT2D eigenvalue weighted by molar-refractivity contribution is -0.154. The van der Waals surface area contributed by atoms with E-state index in [1.54, 1.807) is 11.9 Å². The van der Waals surface area contributed by atoms with E-state index in [1.807, 2.05) is 42.5 Å². The minimum atomic E-state index is -0.645. The Morgan fingerprint density at radius 2 is 2.18 bits per heavy atom. The van der Waals surface area contributed by atoms with Gasteiger partial charge in [0, 0.05) is 6.54 Å². The number of amides is 1. The number of rotatable bonds is 4. The molecule has 17 heavy (non-hydrogen) atoms. The van der Waals surface area contributed by atoms with Crippen LogP contribution in [0.15, 0.2) is 36.4 Å². The molecule has 1 amide bonds. The summed E-state index contributed by atoms with van der Waals surface area (Å²) in [6.07, 6.45) is 3.31. The van der Waals surface area contributed by atoms with Gasteiger partial charge in [-0.05, 0) is 12.5 Å². The number of benzene rings is 1. The van der Waals surface area contributed by atoms with Crippen molar-refractivity contribution in [3.05, 3.63) is 42.0 Å². The van der Waals surface area contributed by atoms with Crippen molar-refractivity contribution in [2.75, 3.05) is 6.54 Å². The molecule has 0 saturated carbocycles. The average molecular weight is 232 g/mol. The first-order valence-electron chi connectivity index (χ1n) is 5.65. The topological polar surface area (TPSA) is 52.6 Å². The van der Waals surface area contributed by atoms with Crippen molar-refractivity contribution in [2.45, 2.75) is 19.1 Å². The lowest BCUT2D eigenvalue weighted by Crippen LogP contribution is -2.70. The number of carbonyl (C=O) groups is 1. The molecule has 2 unspecified atom stereocenters. The first-order chi connectivity index (χ1) is 8.18. The summed E-state index contributed by atoms with van der Waals surface area (Å²) in [7, 11) is 0. The molecule has 0 spiro atoms. The predicted octanol–water partition coefficient (Wildman–Crippen LogP) is 0.796. The highest BCUT2D eigenvalue weighted by Gasteiger charge is 2.39. The van der Waals surface area contributed by atoms with Crippen LogP contribution in [0.3, 0.4) is 0 Å². The number of carbonyl (C=O) groups excluding carboxylic acids is 1. The van der Waals surface area contributed by atoms with Gasteiger partial charge in [-0.3, -0.25) is 10.2 Å². The van der Waals surface area contributed by atoms with Crippen molar-refractivity contribution in [2.24, 2.45) is 0 Å². The SMILES string of the molecule is CC(O)C1C(=O)NN1C/C=C/c1ccccc1. The molecule has 2 atom stereocenters. The van der Waals surface area contributed by atoms with Gasteiger partial charge in [-0.15, -0.1) is 0 Å². The smallest absolute Gasteiger partial charge is 0.256 e.